The van der Waals surface area contributed by atoms with Gasteiger partial charge < -0.3 is 5.32 Å². The SMILES string of the molecule is C[C@@H]1Cc2cc(C(=O)NC3CCCC3)ccc2N1S(C)(=O)=O. The molecule has 1 saturated carbocycles. The van der Waals surface area contributed by atoms with E-state index in [-0.39, 0.29) is 18.0 Å². The van der Waals surface area contributed by atoms with E-state index in [1.807, 2.05) is 13.0 Å². The molecule has 1 aromatic rings. The average Bonchev–Trinajstić information content (AvgIpc) is 3.02. The van der Waals surface area contributed by atoms with E-state index in [9.17, 15) is 13.2 Å². The smallest absolute Gasteiger partial charge is 0.251 e. The van der Waals surface area contributed by atoms with E-state index >= 15 is 0 Å². The predicted octanol–water partition coefficient (Wildman–Crippen LogP) is 2.07. The molecule has 0 radical (unpaired) electrons. The van der Waals surface area contributed by atoms with Crippen LogP contribution >= 0.6 is 0 Å². The zero-order valence-corrected chi connectivity index (χ0v) is 13.8. The van der Waals surface area contributed by atoms with Crippen molar-refractivity contribution in [1.29, 1.82) is 0 Å². The molecule has 0 bridgehead atoms. The lowest BCUT2D eigenvalue weighted by Gasteiger charge is -2.22. The minimum absolute atomic E-state index is 0.0554. The Balaban J connectivity index is 1.83. The Labute approximate surface area is 131 Å². The van der Waals surface area contributed by atoms with Gasteiger partial charge in [0.25, 0.3) is 5.91 Å². The van der Waals surface area contributed by atoms with E-state index in [4.69, 9.17) is 0 Å². The lowest BCUT2D eigenvalue weighted by molar-refractivity contribution is 0.0938. The zero-order chi connectivity index (χ0) is 15.9. The zero-order valence-electron chi connectivity index (χ0n) is 13.0. The topological polar surface area (TPSA) is 66.5 Å². The van der Waals surface area contributed by atoms with E-state index < -0.39 is 10.0 Å². The second-order valence-electron chi connectivity index (χ2n) is 6.41. The van der Waals surface area contributed by atoms with Gasteiger partial charge in [0, 0.05) is 17.6 Å². The summed E-state index contributed by atoms with van der Waals surface area (Å²) in [5, 5.41) is 3.07. The summed E-state index contributed by atoms with van der Waals surface area (Å²) in [5.41, 5.74) is 2.25. The fourth-order valence-corrected chi connectivity index (χ4v) is 4.85. The molecule has 1 amide bonds. The summed E-state index contributed by atoms with van der Waals surface area (Å²) in [7, 11) is -3.28. The van der Waals surface area contributed by atoms with Crippen molar-refractivity contribution in [3.63, 3.8) is 0 Å². The van der Waals surface area contributed by atoms with Gasteiger partial charge in [0.05, 0.1) is 11.9 Å². The van der Waals surface area contributed by atoms with Gasteiger partial charge in [-0.1, -0.05) is 12.8 Å². The Morgan fingerprint density at radius 3 is 2.59 bits per heavy atom. The summed E-state index contributed by atoms with van der Waals surface area (Å²) in [6.07, 6.45) is 6.32. The quantitative estimate of drug-likeness (QED) is 0.926. The van der Waals surface area contributed by atoms with Gasteiger partial charge in [-0.25, -0.2) is 8.42 Å². The molecule has 1 atom stereocenters. The average molecular weight is 322 g/mol. The first-order valence-corrected chi connectivity index (χ1v) is 9.64. The largest absolute Gasteiger partial charge is 0.349 e. The van der Waals surface area contributed by atoms with E-state index in [2.05, 4.69) is 5.32 Å². The maximum absolute atomic E-state index is 12.3. The molecule has 1 aromatic carbocycles. The van der Waals surface area contributed by atoms with Gasteiger partial charge in [0.2, 0.25) is 10.0 Å². The molecular formula is C16H22N2O3S. The van der Waals surface area contributed by atoms with Gasteiger partial charge in [-0.3, -0.25) is 9.10 Å². The molecule has 0 spiro atoms. The summed E-state index contributed by atoms with van der Waals surface area (Å²) in [4.78, 5) is 12.3. The number of sulfonamides is 1. The summed E-state index contributed by atoms with van der Waals surface area (Å²) in [6.45, 7) is 1.89. The standard InChI is InChI=1S/C16H22N2O3S/c1-11-9-13-10-12(16(19)17-14-5-3-4-6-14)7-8-15(13)18(11)22(2,20)21/h7-8,10-11,14H,3-6,9H2,1-2H3,(H,17,19)/t11-/m1/s1. The summed E-state index contributed by atoms with van der Waals surface area (Å²) in [5.74, 6) is -0.0554. The van der Waals surface area contributed by atoms with Crippen LogP contribution in [0, 0.1) is 0 Å². The molecule has 0 unspecified atom stereocenters. The van der Waals surface area contributed by atoms with E-state index in [1.165, 1.54) is 23.4 Å². The number of fused-ring (bicyclic) bond motifs is 1. The highest BCUT2D eigenvalue weighted by atomic mass is 32.2. The lowest BCUT2D eigenvalue weighted by atomic mass is 10.1. The number of hydrogen-bond donors (Lipinski definition) is 1. The monoisotopic (exact) mass is 322 g/mol. The Kier molecular flexibility index (Phi) is 3.89. The van der Waals surface area contributed by atoms with Crippen LogP contribution in [0.15, 0.2) is 18.2 Å². The number of carbonyl (C=O) groups is 1. The summed E-state index contributed by atoms with van der Waals surface area (Å²) >= 11 is 0. The molecule has 1 aliphatic carbocycles. The molecule has 5 nitrogen and oxygen atoms in total. The number of hydrogen-bond acceptors (Lipinski definition) is 3. The molecule has 1 aliphatic heterocycles. The molecule has 120 valence electrons. The number of carbonyl (C=O) groups excluding carboxylic acids is 1. The van der Waals surface area contributed by atoms with Crippen molar-refractivity contribution in [3.05, 3.63) is 29.3 Å². The van der Waals surface area contributed by atoms with Crippen molar-refractivity contribution in [2.45, 2.75) is 51.1 Å². The first-order valence-electron chi connectivity index (χ1n) is 7.79. The summed E-state index contributed by atoms with van der Waals surface area (Å²) < 4.78 is 25.2. The third-order valence-electron chi connectivity index (χ3n) is 4.54. The van der Waals surface area contributed by atoms with Crippen molar-refractivity contribution in [1.82, 2.24) is 5.32 Å². The number of nitrogens with zero attached hydrogens (tertiary/aromatic N) is 1. The lowest BCUT2D eigenvalue weighted by Crippen LogP contribution is -2.34. The van der Waals surface area contributed by atoms with Crippen molar-refractivity contribution in [2.24, 2.45) is 0 Å². The third kappa shape index (κ3) is 2.84. The van der Waals surface area contributed by atoms with Gasteiger partial charge in [0.1, 0.15) is 0 Å². The van der Waals surface area contributed by atoms with Crippen LogP contribution < -0.4 is 9.62 Å². The van der Waals surface area contributed by atoms with Crippen LogP contribution in [-0.2, 0) is 16.4 Å². The first-order chi connectivity index (χ1) is 10.4. The predicted molar refractivity (Wildman–Crippen MR) is 86.7 cm³/mol. The van der Waals surface area contributed by atoms with E-state index in [0.717, 1.165) is 18.4 Å². The van der Waals surface area contributed by atoms with Gasteiger partial charge >= 0.3 is 0 Å². The van der Waals surface area contributed by atoms with Crippen LogP contribution in [0.2, 0.25) is 0 Å². The normalized spacial score (nSPS) is 21.9. The van der Waals surface area contributed by atoms with Gasteiger partial charge in [0.15, 0.2) is 0 Å². The molecule has 6 heteroatoms. The van der Waals surface area contributed by atoms with Crippen molar-refractivity contribution < 1.29 is 13.2 Å². The molecule has 1 N–H and O–H groups in total. The highest BCUT2D eigenvalue weighted by molar-refractivity contribution is 7.92. The second-order valence-corrected chi connectivity index (χ2v) is 8.27. The van der Waals surface area contributed by atoms with Crippen LogP contribution in [0.5, 0.6) is 0 Å². The fraction of sp³-hybridized carbons (Fsp3) is 0.562. The Morgan fingerprint density at radius 1 is 1.27 bits per heavy atom. The van der Waals surface area contributed by atoms with E-state index in [1.54, 1.807) is 12.1 Å². The molecule has 0 aromatic heterocycles. The fourth-order valence-electron chi connectivity index (χ4n) is 3.59. The maximum Gasteiger partial charge on any atom is 0.251 e. The van der Waals surface area contributed by atoms with Crippen LogP contribution in [0.3, 0.4) is 0 Å². The first kappa shape index (κ1) is 15.3. The highest BCUT2D eigenvalue weighted by Crippen LogP contribution is 2.34. The number of benzene rings is 1. The number of amides is 1. The summed E-state index contributed by atoms with van der Waals surface area (Å²) in [6, 6.07) is 5.50. The van der Waals surface area contributed by atoms with Crippen LogP contribution in [0.4, 0.5) is 5.69 Å². The van der Waals surface area contributed by atoms with Gasteiger partial charge in [-0.15, -0.1) is 0 Å². The van der Waals surface area contributed by atoms with Crippen molar-refractivity contribution >= 4 is 21.6 Å². The van der Waals surface area contributed by atoms with Crippen molar-refractivity contribution in [2.75, 3.05) is 10.6 Å². The second kappa shape index (κ2) is 5.57. The highest BCUT2D eigenvalue weighted by Gasteiger charge is 2.32. The van der Waals surface area contributed by atoms with Crippen LogP contribution in [-0.4, -0.2) is 32.7 Å². The molecule has 0 saturated heterocycles. The van der Waals surface area contributed by atoms with E-state index in [0.29, 0.717) is 17.7 Å². The molecule has 1 fully saturated rings. The van der Waals surface area contributed by atoms with Gasteiger partial charge in [-0.2, -0.15) is 0 Å². The molecule has 2 aliphatic rings. The molecular weight excluding hydrogens is 300 g/mol. The minimum atomic E-state index is -3.28. The van der Waals surface area contributed by atoms with Gasteiger partial charge in [-0.05, 0) is 49.9 Å². The molecule has 3 rings (SSSR count). The number of nitrogens with one attached hydrogen (secondary N) is 1. The van der Waals surface area contributed by atoms with Crippen LogP contribution in [0.1, 0.15) is 48.5 Å². The third-order valence-corrected chi connectivity index (χ3v) is 5.81. The molecule has 22 heavy (non-hydrogen) atoms. The van der Waals surface area contributed by atoms with Crippen molar-refractivity contribution in [3.8, 4) is 0 Å². The number of anilines is 1. The van der Waals surface area contributed by atoms with Crippen LogP contribution in [0.25, 0.3) is 0 Å². The Bertz CT molecular complexity index is 693. The number of rotatable bonds is 3. The Hall–Kier alpha value is -1.56. The molecule has 1 heterocycles. The minimum Gasteiger partial charge on any atom is -0.349 e. The Morgan fingerprint density at radius 2 is 1.95 bits per heavy atom. The maximum atomic E-state index is 12.3.